The van der Waals surface area contributed by atoms with Crippen molar-refractivity contribution in [2.45, 2.75) is 58.0 Å². The van der Waals surface area contributed by atoms with Crippen molar-refractivity contribution in [3.8, 4) is 0 Å². The number of hydrogen-bond acceptors (Lipinski definition) is 3. The van der Waals surface area contributed by atoms with Crippen molar-refractivity contribution in [2.75, 3.05) is 19.7 Å². The van der Waals surface area contributed by atoms with E-state index in [4.69, 9.17) is 4.43 Å². The van der Waals surface area contributed by atoms with Gasteiger partial charge in [-0.3, -0.25) is 4.90 Å². The molecule has 0 atom stereocenters. The fourth-order valence-electron chi connectivity index (χ4n) is 5.94. The van der Waals surface area contributed by atoms with Crippen LogP contribution in [0, 0.1) is 5.41 Å². The molecule has 1 aliphatic rings. The molecule has 0 aromatic heterocycles. The maximum atomic E-state index is 11.8. The Labute approximate surface area is 218 Å². The molecule has 190 valence electrons. The first kappa shape index (κ1) is 26.5. The summed E-state index contributed by atoms with van der Waals surface area (Å²) in [6, 6.07) is 32.3. The molecule has 3 aromatic rings. The molecule has 1 heterocycles. The Morgan fingerprint density at radius 2 is 1.33 bits per heavy atom. The van der Waals surface area contributed by atoms with Crippen molar-refractivity contribution in [1.82, 2.24) is 4.90 Å². The van der Waals surface area contributed by atoms with Gasteiger partial charge < -0.3 is 9.22 Å². The minimum Gasteiger partial charge on any atom is -0.407 e. The third-order valence-electron chi connectivity index (χ3n) is 8.05. The van der Waals surface area contributed by atoms with Gasteiger partial charge in [0.15, 0.2) is 0 Å². The quantitative estimate of drug-likeness (QED) is 0.260. The second-order valence-corrected chi connectivity index (χ2v) is 15.7. The van der Waals surface area contributed by atoms with Crippen molar-refractivity contribution in [1.29, 1.82) is 0 Å². The molecule has 0 amide bonds. The van der Waals surface area contributed by atoms with Crippen LogP contribution < -0.4 is 10.4 Å². The first-order chi connectivity index (χ1) is 17.4. The minimum atomic E-state index is -2.55. The first-order valence-corrected chi connectivity index (χ1v) is 15.2. The fourth-order valence-corrected chi connectivity index (χ4v) is 10.5. The predicted octanol–water partition coefficient (Wildman–Crippen LogP) is 5.82. The van der Waals surface area contributed by atoms with Gasteiger partial charge in [0.05, 0.1) is 0 Å². The fraction of sp³-hybridized carbons (Fsp3) is 0.406. The highest BCUT2D eigenvalue weighted by molar-refractivity contribution is 6.99. The summed E-state index contributed by atoms with van der Waals surface area (Å²) in [4.78, 5) is 14.3. The van der Waals surface area contributed by atoms with Crippen LogP contribution in [-0.4, -0.2) is 39.2 Å². The van der Waals surface area contributed by atoms with Gasteiger partial charge in [-0.25, -0.2) is 0 Å². The van der Waals surface area contributed by atoms with Crippen LogP contribution in [0.15, 0.2) is 91.0 Å². The van der Waals surface area contributed by atoms with Crippen molar-refractivity contribution in [2.24, 2.45) is 5.41 Å². The maximum Gasteiger partial charge on any atom is 0.261 e. The lowest BCUT2D eigenvalue weighted by Gasteiger charge is -2.45. The normalized spacial score (nSPS) is 16.5. The van der Waals surface area contributed by atoms with Crippen LogP contribution in [0.4, 0.5) is 0 Å². The Balaban J connectivity index is 1.52. The van der Waals surface area contributed by atoms with Crippen LogP contribution in [0.2, 0.25) is 5.04 Å². The van der Waals surface area contributed by atoms with E-state index in [1.54, 1.807) is 0 Å². The highest BCUT2D eigenvalue weighted by atomic mass is 28.4. The molecule has 0 spiro atoms. The molecule has 0 N–H and O–H groups in total. The Kier molecular flexibility index (Phi) is 8.61. The van der Waals surface area contributed by atoms with Gasteiger partial charge in [0, 0.05) is 19.6 Å². The van der Waals surface area contributed by atoms with E-state index in [9.17, 15) is 4.79 Å². The van der Waals surface area contributed by atoms with E-state index in [1.807, 2.05) is 0 Å². The molecule has 4 heteroatoms. The zero-order chi connectivity index (χ0) is 25.5. The van der Waals surface area contributed by atoms with E-state index in [-0.39, 0.29) is 10.5 Å². The summed E-state index contributed by atoms with van der Waals surface area (Å²) in [5, 5.41) is 2.59. The Morgan fingerprint density at radius 3 is 1.81 bits per heavy atom. The third kappa shape index (κ3) is 5.88. The van der Waals surface area contributed by atoms with Crippen LogP contribution in [0.3, 0.4) is 0 Å². The van der Waals surface area contributed by atoms with Crippen molar-refractivity contribution < 1.29 is 9.22 Å². The third-order valence-corrected chi connectivity index (χ3v) is 13.1. The number of likely N-dealkylation sites (tertiary alicyclic amines) is 1. The summed E-state index contributed by atoms with van der Waals surface area (Å²) >= 11 is 0. The Hall–Kier alpha value is -2.53. The van der Waals surface area contributed by atoms with Gasteiger partial charge >= 0.3 is 0 Å². The number of nitrogens with zero attached hydrogens (tertiary/aromatic N) is 1. The van der Waals surface area contributed by atoms with Crippen molar-refractivity contribution >= 4 is 25.0 Å². The number of rotatable bonds is 10. The van der Waals surface area contributed by atoms with Crippen LogP contribution in [0.25, 0.3) is 0 Å². The second-order valence-electron chi connectivity index (χ2n) is 11.4. The van der Waals surface area contributed by atoms with Crippen molar-refractivity contribution in [3.63, 3.8) is 0 Å². The molecule has 4 rings (SSSR count). The SMILES string of the molecule is CC(C)(C)[Si](OCCC1(CC=O)CCN(Cc2ccccc2)CC1)(c1ccccc1)c1ccccc1. The molecule has 1 aliphatic heterocycles. The van der Waals surface area contributed by atoms with Crippen LogP contribution in [0.1, 0.15) is 52.0 Å². The molecule has 3 aromatic carbocycles. The van der Waals surface area contributed by atoms with E-state index >= 15 is 0 Å². The van der Waals surface area contributed by atoms with Crippen LogP contribution in [-0.2, 0) is 15.8 Å². The smallest absolute Gasteiger partial charge is 0.261 e. The maximum absolute atomic E-state index is 11.8. The molecular weight excluding hydrogens is 458 g/mol. The lowest BCUT2D eigenvalue weighted by atomic mass is 9.73. The molecule has 1 fully saturated rings. The van der Waals surface area contributed by atoms with Gasteiger partial charge in [-0.15, -0.1) is 0 Å². The zero-order valence-corrected chi connectivity index (χ0v) is 23.2. The van der Waals surface area contributed by atoms with E-state index in [1.165, 1.54) is 15.9 Å². The monoisotopic (exact) mass is 499 g/mol. The summed E-state index contributed by atoms with van der Waals surface area (Å²) in [6.07, 6.45) is 4.77. The average molecular weight is 500 g/mol. The summed E-state index contributed by atoms with van der Waals surface area (Å²) in [6.45, 7) is 10.7. The molecule has 0 bridgehead atoms. The molecule has 3 nitrogen and oxygen atoms in total. The lowest BCUT2D eigenvalue weighted by molar-refractivity contribution is -0.111. The number of piperidine rings is 1. The second kappa shape index (κ2) is 11.7. The van der Waals surface area contributed by atoms with Crippen molar-refractivity contribution in [3.05, 3.63) is 96.6 Å². The number of hydrogen-bond donors (Lipinski definition) is 0. The van der Waals surface area contributed by atoms with Gasteiger partial charge in [-0.2, -0.15) is 0 Å². The lowest BCUT2D eigenvalue weighted by Crippen LogP contribution is -2.66. The van der Waals surface area contributed by atoms with Gasteiger partial charge in [0.25, 0.3) is 8.32 Å². The molecular formula is C32H41NO2Si. The Bertz CT molecular complexity index is 1030. The highest BCUT2D eigenvalue weighted by Gasteiger charge is 2.50. The largest absolute Gasteiger partial charge is 0.407 e. The zero-order valence-electron chi connectivity index (χ0n) is 22.2. The number of benzene rings is 3. The molecule has 36 heavy (non-hydrogen) atoms. The number of aldehydes is 1. The minimum absolute atomic E-state index is 0.0281. The van der Waals surface area contributed by atoms with Crippen LogP contribution >= 0.6 is 0 Å². The average Bonchev–Trinajstić information content (AvgIpc) is 2.89. The van der Waals surface area contributed by atoms with Gasteiger partial charge in [-0.1, -0.05) is 112 Å². The molecule has 0 radical (unpaired) electrons. The standard InChI is InChI=1S/C32H41NO2Si/c1-31(2,3)36(29-15-9-5-10-16-29,30-17-11-6-12-18-30)35-26-22-32(21-25-34)19-23-33(24-20-32)27-28-13-7-4-8-14-28/h4-18,25H,19-24,26-27H2,1-3H3. The summed E-state index contributed by atoms with van der Waals surface area (Å²) in [7, 11) is -2.55. The first-order valence-electron chi connectivity index (χ1n) is 13.3. The van der Waals surface area contributed by atoms with Crippen LogP contribution in [0.5, 0.6) is 0 Å². The molecule has 1 saturated heterocycles. The predicted molar refractivity (Wildman–Crippen MR) is 152 cm³/mol. The summed E-state index contributed by atoms with van der Waals surface area (Å²) in [5.41, 5.74) is 1.38. The van der Waals surface area contributed by atoms with Gasteiger partial charge in [0.1, 0.15) is 6.29 Å². The molecule has 0 aliphatic carbocycles. The summed E-state index contributed by atoms with van der Waals surface area (Å²) < 4.78 is 7.17. The van der Waals surface area contributed by atoms with E-state index in [0.29, 0.717) is 13.0 Å². The number of carbonyl (C=O) groups is 1. The van der Waals surface area contributed by atoms with Gasteiger partial charge in [-0.05, 0) is 58.7 Å². The topological polar surface area (TPSA) is 29.5 Å². The van der Waals surface area contributed by atoms with E-state index in [0.717, 1.165) is 45.2 Å². The van der Waals surface area contributed by atoms with E-state index in [2.05, 4.69) is 117 Å². The number of carbonyl (C=O) groups excluding carboxylic acids is 1. The van der Waals surface area contributed by atoms with Gasteiger partial charge in [0.2, 0.25) is 0 Å². The van der Waals surface area contributed by atoms with E-state index < -0.39 is 8.32 Å². The highest BCUT2D eigenvalue weighted by Crippen LogP contribution is 2.41. The molecule has 0 unspecified atom stereocenters. The molecule has 0 saturated carbocycles. The Morgan fingerprint density at radius 1 is 0.833 bits per heavy atom. The summed E-state index contributed by atoms with van der Waals surface area (Å²) in [5.74, 6) is 0.